The summed E-state index contributed by atoms with van der Waals surface area (Å²) in [5, 5.41) is 13.5. The van der Waals surface area contributed by atoms with E-state index in [0.717, 1.165) is 74.4 Å². The van der Waals surface area contributed by atoms with Crippen molar-refractivity contribution in [3.8, 4) is 11.5 Å². The summed E-state index contributed by atoms with van der Waals surface area (Å²) in [5.74, 6) is 2.80. The van der Waals surface area contributed by atoms with Gasteiger partial charge in [-0.2, -0.15) is 0 Å². The summed E-state index contributed by atoms with van der Waals surface area (Å²) in [6.45, 7) is 34.3. The number of aldehydes is 1. The standard InChI is InChI=1S/C15H32N4O2.C14H22O2.C9H18O.C9H20.C7H16.C5H12O.C3H8.C2H6/c1-2-3-4-5-6-7-8-9-14(20)19-13(12-17)15(21)18-11-10-16;1-11(2)6-5-9-16-13-8-7-12(3)14(10-13)15-4;1-2-3-4-5-6-7-8-9-10;1-3-5-7-9-8-6-4-2;1-3-5-7-6-4-2;1-5(2)3-4-6;1-3-2;1-2/h13H,2-12,16-17H2,1H3,(H,18,21)(H,19,20);7-8,10-11H,5-6,9H2,1-4H3;9H,2-8H2,1H3;3-9H2,1-2H3;3-7H2,1-2H3;5-6H,3-4H2,1-2H3;3H2,1-2H3;1-2H3. The van der Waals surface area contributed by atoms with Crippen LogP contribution in [0.1, 0.15) is 302 Å². The van der Waals surface area contributed by atoms with Gasteiger partial charge in [-0.05, 0) is 62.5 Å². The van der Waals surface area contributed by atoms with Gasteiger partial charge in [-0.15, -0.1) is 0 Å². The number of methoxy groups -OCH3 is 1. The molecule has 0 radical (unpaired) electrons. The molecule has 10 nitrogen and oxygen atoms in total. The molecule has 0 saturated heterocycles. The lowest BCUT2D eigenvalue weighted by Crippen LogP contribution is -2.51. The molecule has 7 N–H and O–H groups in total. The maximum Gasteiger partial charge on any atom is 0.243 e. The Morgan fingerprint density at radius 3 is 1.38 bits per heavy atom. The van der Waals surface area contributed by atoms with E-state index >= 15 is 0 Å². The highest BCUT2D eigenvalue weighted by molar-refractivity contribution is 5.87. The number of unbranched alkanes of at least 4 members (excludes halogenated alkanes) is 22. The van der Waals surface area contributed by atoms with Crippen LogP contribution in [0.5, 0.6) is 11.5 Å². The summed E-state index contributed by atoms with van der Waals surface area (Å²) in [5.41, 5.74) is 12.0. The van der Waals surface area contributed by atoms with Crippen LogP contribution in [-0.4, -0.2) is 69.2 Å². The van der Waals surface area contributed by atoms with Crippen molar-refractivity contribution in [1.82, 2.24) is 10.6 Å². The zero-order valence-electron chi connectivity index (χ0n) is 52.6. The molecule has 1 unspecified atom stereocenters. The van der Waals surface area contributed by atoms with Crippen molar-refractivity contribution >= 4 is 18.1 Å². The smallest absolute Gasteiger partial charge is 0.243 e. The minimum atomic E-state index is -0.659. The number of hydrogen-bond donors (Lipinski definition) is 5. The minimum absolute atomic E-state index is 0.0964. The lowest BCUT2D eigenvalue weighted by atomic mass is 10.1. The normalized spacial score (nSPS) is 10.2. The number of aryl methyl sites for hydroxylation is 1. The number of aliphatic hydroxyl groups is 1. The number of benzene rings is 1. The van der Waals surface area contributed by atoms with Gasteiger partial charge in [-0.1, -0.05) is 257 Å². The molecule has 446 valence electrons. The summed E-state index contributed by atoms with van der Waals surface area (Å²) in [4.78, 5) is 33.3. The first kappa shape index (κ1) is 85.2. The van der Waals surface area contributed by atoms with Gasteiger partial charge in [0.2, 0.25) is 11.8 Å². The van der Waals surface area contributed by atoms with Crippen LogP contribution in [0, 0.1) is 18.8 Å². The fourth-order valence-electron chi connectivity index (χ4n) is 6.60. The number of nitrogens with two attached hydrogens (primary N) is 2. The van der Waals surface area contributed by atoms with Crippen LogP contribution in [0.4, 0.5) is 0 Å². The predicted octanol–water partition coefficient (Wildman–Crippen LogP) is 17.6. The third-order valence-corrected chi connectivity index (χ3v) is 11.2. The zero-order valence-corrected chi connectivity index (χ0v) is 52.6. The van der Waals surface area contributed by atoms with Gasteiger partial charge < -0.3 is 41.5 Å². The van der Waals surface area contributed by atoms with Crippen LogP contribution in [0.25, 0.3) is 0 Å². The summed E-state index contributed by atoms with van der Waals surface area (Å²) in [6, 6.07) is 5.31. The van der Waals surface area contributed by atoms with Crippen LogP contribution >= 0.6 is 0 Å². The molecule has 1 aromatic carbocycles. The predicted molar refractivity (Wildman–Crippen MR) is 329 cm³/mol. The molecule has 0 saturated carbocycles. The molecule has 1 aromatic rings. The van der Waals surface area contributed by atoms with Crippen LogP contribution < -0.4 is 31.6 Å². The van der Waals surface area contributed by atoms with E-state index in [1.54, 1.807) is 7.11 Å². The Morgan fingerprint density at radius 2 is 1.03 bits per heavy atom. The van der Waals surface area contributed by atoms with Crippen LogP contribution in [0.15, 0.2) is 18.2 Å². The highest BCUT2D eigenvalue weighted by Gasteiger charge is 2.18. The van der Waals surface area contributed by atoms with E-state index in [9.17, 15) is 14.4 Å². The Kier molecular flexibility index (Phi) is 91.2. The SMILES string of the molecule is CC.CC(C)CCO.CCC.CCCCCCC.CCCCCCCCC.CCCCCCCCC=O.CCCCCCCCCC(=O)NC(CN)C(=O)NCCN.COc1cc(OCCCC(C)C)ccc1C. The average Bonchev–Trinajstić information content (AvgIpc) is 3.39. The summed E-state index contributed by atoms with van der Waals surface area (Å²) in [6.07, 6.45) is 39.5. The molecule has 74 heavy (non-hydrogen) atoms. The van der Waals surface area contributed by atoms with E-state index in [4.69, 9.17) is 26.0 Å². The van der Waals surface area contributed by atoms with E-state index in [0.29, 0.717) is 32.0 Å². The molecule has 0 spiro atoms. The van der Waals surface area contributed by atoms with E-state index in [2.05, 4.69) is 93.7 Å². The Balaban J connectivity index is -0.000000150. The molecular weight excluding hydrogens is 921 g/mol. The molecular formula is C64H134N4O6. The quantitative estimate of drug-likeness (QED) is 0.0322. The second-order valence-corrected chi connectivity index (χ2v) is 20.0. The topological polar surface area (TPSA) is 166 Å². The van der Waals surface area contributed by atoms with E-state index < -0.39 is 6.04 Å². The third-order valence-electron chi connectivity index (χ3n) is 11.2. The first-order chi connectivity index (χ1) is 35.7. The van der Waals surface area contributed by atoms with Gasteiger partial charge in [-0.25, -0.2) is 0 Å². The Morgan fingerprint density at radius 1 is 0.622 bits per heavy atom. The number of carbonyl (C=O) groups excluding carboxylic acids is 3. The summed E-state index contributed by atoms with van der Waals surface area (Å²) in [7, 11) is 1.69. The first-order valence-corrected chi connectivity index (χ1v) is 31.0. The molecule has 0 aliphatic heterocycles. The number of rotatable bonds is 38. The van der Waals surface area contributed by atoms with E-state index in [1.165, 1.54) is 154 Å². The third kappa shape index (κ3) is 83.3. The number of carbonyl (C=O) groups is 3. The second-order valence-electron chi connectivity index (χ2n) is 20.0. The van der Waals surface area contributed by atoms with Gasteiger partial charge in [0, 0.05) is 45.1 Å². The summed E-state index contributed by atoms with van der Waals surface area (Å²) < 4.78 is 10.9. The van der Waals surface area contributed by atoms with E-state index in [1.807, 2.05) is 39.0 Å². The van der Waals surface area contributed by atoms with Gasteiger partial charge >= 0.3 is 0 Å². The number of hydrogen-bond acceptors (Lipinski definition) is 8. The van der Waals surface area contributed by atoms with Crippen molar-refractivity contribution in [2.75, 3.05) is 40.0 Å². The molecule has 10 heteroatoms. The van der Waals surface area contributed by atoms with E-state index in [-0.39, 0.29) is 18.4 Å². The largest absolute Gasteiger partial charge is 0.496 e. The fourth-order valence-corrected chi connectivity index (χ4v) is 6.60. The maximum atomic E-state index is 11.8. The monoisotopic (exact) mass is 1060 g/mol. The number of nitrogens with one attached hydrogen (secondary N) is 2. The molecule has 0 aromatic heterocycles. The Hall–Kier alpha value is -2.69. The van der Waals surface area contributed by atoms with Crippen molar-refractivity contribution in [2.24, 2.45) is 23.3 Å². The Labute approximate surface area is 463 Å². The molecule has 0 heterocycles. The van der Waals surface area contributed by atoms with Gasteiger partial charge in [0.15, 0.2) is 0 Å². The van der Waals surface area contributed by atoms with Gasteiger partial charge in [-0.3, -0.25) is 9.59 Å². The molecule has 0 aliphatic carbocycles. The minimum Gasteiger partial charge on any atom is -0.496 e. The molecule has 0 aliphatic rings. The van der Waals surface area contributed by atoms with Crippen molar-refractivity contribution in [3.05, 3.63) is 23.8 Å². The zero-order chi connectivity index (χ0) is 57.7. The van der Waals surface area contributed by atoms with Crippen LogP contribution in [0.3, 0.4) is 0 Å². The molecule has 0 bridgehead atoms. The second kappa shape index (κ2) is 79.2. The van der Waals surface area contributed by atoms with Gasteiger partial charge in [0.25, 0.3) is 0 Å². The van der Waals surface area contributed by atoms with Crippen LogP contribution in [0.2, 0.25) is 0 Å². The number of ether oxygens (including phenoxy) is 2. The molecule has 0 fully saturated rings. The van der Waals surface area contributed by atoms with Gasteiger partial charge in [0.1, 0.15) is 23.8 Å². The molecule has 2 amide bonds. The first-order valence-electron chi connectivity index (χ1n) is 31.0. The maximum absolute atomic E-state index is 11.8. The van der Waals surface area contributed by atoms with Crippen molar-refractivity contribution in [1.29, 1.82) is 0 Å². The van der Waals surface area contributed by atoms with Crippen molar-refractivity contribution < 1.29 is 29.0 Å². The lowest BCUT2D eigenvalue weighted by molar-refractivity contribution is -0.128. The van der Waals surface area contributed by atoms with Crippen LogP contribution in [-0.2, 0) is 14.4 Å². The Bertz CT molecular complexity index is 1160. The molecule has 1 atom stereocenters. The highest BCUT2D eigenvalue weighted by atomic mass is 16.5. The molecule has 1 rings (SSSR count). The number of amides is 2. The summed E-state index contributed by atoms with van der Waals surface area (Å²) >= 11 is 0. The fraction of sp³-hybridized carbons (Fsp3) is 0.859. The lowest BCUT2D eigenvalue weighted by Gasteiger charge is -2.16. The van der Waals surface area contributed by atoms with Crippen molar-refractivity contribution in [3.63, 3.8) is 0 Å². The average molecular weight is 1060 g/mol. The highest BCUT2D eigenvalue weighted by Crippen LogP contribution is 2.24. The van der Waals surface area contributed by atoms with Crippen molar-refractivity contribution in [2.45, 2.75) is 309 Å². The van der Waals surface area contributed by atoms with Gasteiger partial charge in [0.05, 0.1) is 13.7 Å². The number of aliphatic hydroxyl groups excluding tert-OH is 1.